The van der Waals surface area contributed by atoms with Gasteiger partial charge in [-0.25, -0.2) is 9.36 Å². The zero-order chi connectivity index (χ0) is 17.7. The minimum atomic E-state index is -0.615. The van der Waals surface area contributed by atoms with Crippen molar-refractivity contribution in [3.63, 3.8) is 0 Å². The smallest absolute Gasteiger partial charge is 0.341 e. The average Bonchev–Trinajstić information content (AvgIpc) is 2.87. The van der Waals surface area contributed by atoms with Gasteiger partial charge in [-0.15, -0.1) is 0 Å². The summed E-state index contributed by atoms with van der Waals surface area (Å²) in [5.74, 6) is 0.389. The Labute approximate surface area is 142 Å². The highest BCUT2D eigenvalue weighted by atomic mass is 16.5. The number of amides is 1. The monoisotopic (exact) mass is 331 g/mol. The molecule has 0 unspecified atom stereocenters. The molecular formula is C18H25N3O3. The zero-order valence-electron chi connectivity index (χ0n) is 14.7. The number of carbonyl (C=O) groups is 1. The average molecular weight is 331 g/mol. The van der Waals surface area contributed by atoms with Gasteiger partial charge in [0.05, 0.1) is 0 Å². The Morgan fingerprint density at radius 1 is 1.12 bits per heavy atom. The number of hydrogen-bond donors (Lipinski definition) is 0. The van der Waals surface area contributed by atoms with Crippen LogP contribution in [0.3, 0.4) is 0 Å². The molecule has 1 aromatic carbocycles. The van der Waals surface area contributed by atoms with Gasteiger partial charge in [0, 0.05) is 18.7 Å². The number of aromatic nitrogens is 2. The summed E-state index contributed by atoms with van der Waals surface area (Å²) < 4.78 is 6.08. The highest BCUT2D eigenvalue weighted by Crippen LogP contribution is 2.15. The predicted molar refractivity (Wildman–Crippen MR) is 92.5 cm³/mol. The van der Waals surface area contributed by atoms with Crippen LogP contribution in [-0.4, -0.2) is 33.6 Å². The van der Waals surface area contributed by atoms with Gasteiger partial charge in [-0.3, -0.25) is 9.32 Å². The second-order valence-corrected chi connectivity index (χ2v) is 6.81. The first-order valence-electron chi connectivity index (χ1n) is 8.28. The number of carbonyl (C=O) groups excluding carboxylic acids is 1. The maximum atomic E-state index is 12.7. The molecule has 1 heterocycles. The molecule has 0 bridgehead atoms. The molecule has 6 nitrogen and oxygen atoms in total. The van der Waals surface area contributed by atoms with Crippen LogP contribution in [0.2, 0.25) is 0 Å². The van der Waals surface area contributed by atoms with Crippen molar-refractivity contribution in [3.05, 3.63) is 40.9 Å². The van der Waals surface area contributed by atoms with Crippen molar-refractivity contribution in [1.82, 2.24) is 14.6 Å². The van der Waals surface area contributed by atoms with Gasteiger partial charge in [-0.1, -0.05) is 63.2 Å². The third kappa shape index (κ3) is 4.57. The Morgan fingerprint density at radius 2 is 1.71 bits per heavy atom. The Balaban J connectivity index is 2.25. The molecule has 1 amide bonds. The van der Waals surface area contributed by atoms with E-state index in [1.54, 1.807) is 0 Å². The van der Waals surface area contributed by atoms with Gasteiger partial charge in [0.15, 0.2) is 5.82 Å². The van der Waals surface area contributed by atoms with Crippen LogP contribution in [0.1, 0.15) is 27.7 Å². The minimum absolute atomic E-state index is 0.0635. The lowest BCUT2D eigenvalue weighted by Crippen LogP contribution is -2.40. The summed E-state index contributed by atoms with van der Waals surface area (Å²) in [6, 6.07) is 9.25. The minimum Gasteiger partial charge on any atom is -0.341 e. The normalized spacial score (nSPS) is 11.2. The molecule has 2 aromatic rings. The second-order valence-electron chi connectivity index (χ2n) is 6.81. The number of nitrogens with zero attached hydrogens (tertiary/aromatic N) is 3. The highest BCUT2D eigenvalue weighted by Gasteiger charge is 2.21. The molecule has 0 spiro atoms. The molecule has 24 heavy (non-hydrogen) atoms. The fourth-order valence-corrected chi connectivity index (χ4v) is 2.60. The van der Waals surface area contributed by atoms with E-state index < -0.39 is 5.76 Å². The second kappa shape index (κ2) is 7.95. The van der Waals surface area contributed by atoms with Crippen LogP contribution in [0, 0.1) is 11.8 Å². The molecule has 0 radical (unpaired) electrons. The van der Waals surface area contributed by atoms with Crippen molar-refractivity contribution >= 4 is 5.91 Å². The van der Waals surface area contributed by atoms with Gasteiger partial charge >= 0.3 is 5.76 Å². The topological polar surface area (TPSA) is 68.3 Å². The molecule has 1 aromatic heterocycles. The number of benzene rings is 1. The molecular weight excluding hydrogens is 306 g/mol. The first-order chi connectivity index (χ1) is 11.4. The van der Waals surface area contributed by atoms with Crippen LogP contribution in [0.25, 0.3) is 11.4 Å². The quantitative estimate of drug-likeness (QED) is 0.782. The van der Waals surface area contributed by atoms with Crippen molar-refractivity contribution in [1.29, 1.82) is 0 Å². The van der Waals surface area contributed by atoms with E-state index in [1.807, 2.05) is 35.2 Å². The molecule has 0 aliphatic rings. The van der Waals surface area contributed by atoms with Crippen molar-refractivity contribution in [2.45, 2.75) is 34.2 Å². The molecule has 0 atom stereocenters. The third-order valence-corrected chi connectivity index (χ3v) is 3.54. The summed E-state index contributed by atoms with van der Waals surface area (Å²) in [4.78, 5) is 26.5. The van der Waals surface area contributed by atoms with Crippen LogP contribution < -0.4 is 5.76 Å². The van der Waals surface area contributed by atoms with Crippen molar-refractivity contribution < 1.29 is 9.32 Å². The van der Waals surface area contributed by atoms with Crippen molar-refractivity contribution in [2.75, 3.05) is 13.1 Å². The van der Waals surface area contributed by atoms with Crippen molar-refractivity contribution in [3.8, 4) is 11.4 Å². The zero-order valence-corrected chi connectivity index (χ0v) is 14.7. The van der Waals surface area contributed by atoms with Gasteiger partial charge in [-0.2, -0.15) is 0 Å². The number of rotatable bonds is 7. The Hall–Kier alpha value is -2.37. The first kappa shape index (κ1) is 18.0. The summed E-state index contributed by atoms with van der Waals surface area (Å²) >= 11 is 0. The van der Waals surface area contributed by atoms with E-state index in [9.17, 15) is 9.59 Å². The molecule has 130 valence electrons. The standard InChI is InChI=1S/C18H25N3O3/c1-13(2)10-20(11-14(3)4)16(22)12-21-17(19-24-18(21)23)15-8-6-5-7-9-15/h5-9,13-14H,10-12H2,1-4H3. The SMILES string of the molecule is CC(C)CN(CC(C)C)C(=O)Cn1c(-c2ccccc2)noc1=O. The maximum absolute atomic E-state index is 12.7. The summed E-state index contributed by atoms with van der Waals surface area (Å²) in [5, 5.41) is 3.82. The first-order valence-corrected chi connectivity index (χ1v) is 8.28. The maximum Gasteiger partial charge on any atom is 0.442 e. The van der Waals surface area contributed by atoms with Gasteiger partial charge in [0.1, 0.15) is 6.54 Å². The van der Waals surface area contributed by atoms with E-state index in [0.717, 1.165) is 5.56 Å². The summed E-state index contributed by atoms with van der Waals surface area (Å²) in [5.41, 5.74) is 0.746. The van der Waals surface area contributed by atoms with Crippen molar-refractivity contribution in [2.24, 2.45) is 11.8 Å². The van der Waals surface area contributed by atoms with E-state index in [-0.39, 0.29) is 12.5 Å². The van der Waals surface area contributed by atoms with Crippen LogP contribution in [-0.2, 0) is 11.3 Å². The van der Waals surface area contributed by atoms with E-state index >= 15 is 0 Å². The fourth-order valence-electron chi connectivity index (χ4n) is 2.60. The molecule has 0 N–H and O–H groups in total. The Kier molecular flexibility index (Phi) is 5.95. The molecule has 0 saturated carbocycles. The lowest BCUT2D eigenvalue weighted by molar-refractivity contribution is -0.133. The summed E-state index contributed by atoms with van der Waals surface area (Å²) in [7, 11) is 0. The van der Waals surface area contributed by atoms with E-state index in [2.05, 4.69) is 32.9 Å². The van der Waals surface area contributed by atoms with Crippen LogP contribution >= 0.6 is 0 Å². The van der Waals surface area contributed by atoms with Gasteiger partial charge < -0.3 is 4.90 Å². The predicted octanol–water partition coefficient (Wildman–Crippen LogP) is 2.64. The lowest BCUT2D eigenvalue weighted by atomic mass is 10.1. The van der Waals surface area contributed by atoms with Crippen LogP contribution in [0.4, 0.5) is 0 Å². The Morgan fingerprint density at radius 3 is 2.25 bits per heavy atom. The molecule has 0 aliphatic carbocycles. The van der Waals surface area contributed by atoms with E-state index in [4.69, 9.17) is 4.52 Å². The van der Waals surface area contributed by atoms with Gasteiger partial charge in [0.2, 0.25) is 5.91 Å². The van der Waals surface area contributed by atoms with E-state index in [1.165, 1.54) is 4.57 Å². The van der Waals surface area contributed by atoms with Crippen LogP contribution in [0.15, 0.2) is 39.6 Å². The van der Waals surface area contributed by atoms with Crippen LogP contribution in [0.5, 0.6) is 0 Å². The lowest BCUT2D eigenvalue weighted by Gasteiger charge is -2.26. The summed E-state index contributed by atoms with van der Waals surface area (Å²) in [6.45, 7) is 9.55. The van der Waals surface area contributed by atoms with Gasteiger partial charge in [0.25, 0.3) is 0 Å². The van der Waals surface area contributed by atoms with E-state index in [0.29, 0.717) is 30.7 Å². The molecule has 0 aliphatic heterocycles. The molecule has 2 rings (SSSR count). The molecule has 0 fully saturated rings. The Bertz CT molecular complexity index is 707. The number of hydrogen-bond acceptors (Lipinski definition) is 4. The van der Waals surface area contributed by atoms with Gasteiger partial charge in [-0.05, 0) is 11.8 Å². The largest absolute Gasteiger partial charge is 0.442 e. The molecule has 0 saturated heterocycles. The highest BCUT2D eigenvalue weighted by molar-refractivity contribution is 5.76. The molecule has 6 heteroatoms. The third-order valence-electron chi connectivity index (χ3n) is 3.54. The summed E-state index contributed by atoms with van der Waals surface area (Å²) in [6.07, 6.45) is 0. The fraction of sp³-hybridized carbons (Fsp3) is 0.500.